The molecule has 0 fully saturated rings. The van der Waals surface area contributed by atoms with Gasteiger partial charge in [-0.15, -0.1) is 16.4 Å². The van der Waals surface area contributed by atoms with Crippen LogP contribution >= 0.6 is 11.3 Å². The van der Waals surface area contributed by atoms with Gasteiger partial charge in [-0.05, 0) is 26.3 Å². The molecule has 9 nitrogen and oxygen atoms in total. The Bertz CT molecular complexity index is 1050. The average molecular weight is 405 g/mol. The zero-order valence-electron chi connectivity index (χ0n) is 16.5. The van der Waals surface area contributed by atoms with Crippen LogP contribution in [0.1, 0.15) is 40.7 Å². The van der Waals surface area contributed by atoms with Gasteiger partial charge in [0.1, 0.15) is 10.7 Å². The maximum absolute atomic E-state index is 12.5. The minimum atomic E-state index is -0.526. The number of nitrogens with zero attached hydrogens (tertiary/aromatic N) is 4. The first-order valence-electron chi connectivity index (χ1n) is 8.98. The number of aromatic nitrogens is 4. The van der Waals surface area contributed by atoms with E-state index in [0.29, 0.717) is 18.1 Å². The minimum Gasteiger partial charge on any atom is -0.370 e. The third-order valence-electron chi connectivity index (χ3n) is 4.83. The van der Waals surface area contributed by atoms with E-state index < -0.39 is 6.29 Å². The summed E-state index contributed by atoms with van der Waals surface area (Å²) in [4.78, 5) is 23.8. The summed E-state index contributed by atoms with van der Waals surface area (Å²) in [6, 6.07) is 0. The van der Waals surface area contributed by atoms with Gasteiger partial charge >= 0.3 is 0 Å². The molecule has 0 bridgehead atoms. The zero-order valence-corrected chi connectivity index (χ0v) is 17.3. The number of thiophene rings is 1. The van der Waals surface area contributed by atoms with Gasteiger partial charge in [0.25, 0.3) is 5.91 Å². The maximum Gasteiger partial charge on any atom is 0.291 e. The lowest BCUT2D eigenvalue weighted by Gasteiger charge is -2.30. The Labute approximate surface area is 166 Å². The Morgan fingerprint density at radius 3 is 2.82 bits per heavy atom. The van der Waals surface area contributed by atoms with E-state index >= 15 is 0 Å². The number of amides is 1. The van der Waals surface area contributed by atoms with Crippen LogP contribution in [-0.4, -0.2) is 58.1 Å². The van der Waals surface area contributed by atoms with E-state index in [1.165, 1.54) is 19.8 Å². The van der Waals surface area contributed by atoms with E-state index in [-0.39, 0.29) is 23.9 Å². The molecule has 0 saturated heterocycles. The lowest BCUT2D eigenvalue weighted by atomic mass is 9.94. The second-order valence-electron chi connectivity index (χ2n) is 7.35. The highest BCUT2D eigenvalue weighted by molar-refractivity contribution is 7.19. The molecule has 1 aliphatic rings. The second kappa shape index (κ2) is 7.03. The lowest BCUT2D eigenvalue weighted by Crippen LogP contribution is -2.34. The Morgan fingerprint density at radius 2 is 2.11 bits per heavy atom. The van der Waals surface area contributed by atoms with E-state index in [0.717, 1.165) is 21.5 Å². The van der Waals surface area contributed by atoms with E-state index in [2.05, 4.69) is 34.2 Å². The lowest BCUT2D eigenvalue weighted by molar-refractivity contribution is -0.0974. The Morgan fingerprint density at radius 1 is 1.36 bits per heavy atom. The topological polar surface area (TPSA) is 99.9 Å². The van der Waals surface area contributed by atoms with Gasteiger partial charge in [0.15, 0.2) is 11.9 Å². The van der Waals surface area contributed by atoms with Crippen LogP contribution in [0.25, 0.3) is 15.9 Å². The van der Waals surface area contributed by atoms with Crippen LogP contribution in [0.2, 0.25) is 0 Å². The minimum absolute atomic E-state index is 0.0922. The van der Waals surface area contributed by atoms with Crippen molar-refractivity contribution in [3.63, 3.8) is 0 Å². The second-order valence-corrected chi connectivity index (χ2v) is 8.43. The monoisotopic (exact) mass is 405 g/mol. The number of hydrogen-bond acceptors (Lipinski definition) is 8. The zero-order chi connectivity index (χ0) is 20.1. The van der Waals surface area contributed by atoms with Gasteiger partial charge in [0.05, 0.1) is 24.1 Å². The molecule has 28 heavy (non-hydrogen) atoms. The SMILES string of the molecule is COC(CNC(=O)c1nc2c3c4c(sc3nc(C)n2n1)COC(C)(C)C4)OC. The number of fused-ring (bicyclic) bond motifs is 5. The number of ether oxygens (including phenoxy) is 3. The van der Waals surface area contributed by atoms with Crippen molar-refractivity contribution in [2.45, 2.75) is 45.7 Å². The summed E-state index contributed by atoms with van der Waals surface area (Å²) in [6.07, 6.45) is 0.239. The van der Waals surface area contributed by atoms with Crippen molar-refractivity contribution in [1.82, 2.24) is 24.9 Å². The number of carbonyl (C=O) groups excluding carboxylic acids is 1. The number of methoxy groups -OCH3 is 2. The molecule has 1 amide bonds. The van der Waals surface area contributed by atoms with Crippen molar-refractivity contribution in [3.8, 4) is 0 Å². The van der Waals surface area contributed by atoms with Gasteiger partial charge in [-0.2, -0.15) is 4.52 Å². The van der Waals surface area contributed by atoms with Crippen molar-refractivity contribution < 1.29 is 19.0 Å². The molecule has 0 atom stereocenters. The van der Waals surface area contributed by atoms with Crippen molar-refractivity contribution in [1.29, 1.82) is 0 Å². The summed E-state index contributed by atoms with van der Waals surface area (Å²) in [5.41, 5.74) is 1.59. The van der Waals surface area contributed by atoms with Crippen LogP contribution in [0.3, 0.4) is 0 Å². The molecule has 0 saturated carbocycles. The van der Waals surface area contributed by atoms with Crippen molar-refractivity contribution in [2.75, 3.05) is 20.8 Å². The average Bonchev–Trinajstić information content (AvgIpc) is 3.23. The first-order chi connectivity index (χ1) is 13.3. The smallest absolute Gasteiger partial charge is 0.291 e. The fourth-order valence-electron chi connectivity index (χ4n) is 3.36. The Kier molecular flexibility index (Phi) is 4.82. The first-order valence-corrected chi connectivity index (χ1v) is 9.80. The van der Waals surface area contributed by atoms with E-state index in [1.54, 1.807) is 15.9 Å². The third-order valence-corrected chi connectivity index (χ3v) is 5.93. The number of rotatable bonds is 5. The van der Waals surface area contributed by atoms with Gasteiger partial charge in [-0.25, -0.2) is 9.97 Å². The molecule has 4 heterocycles. The molecule has 3 aromatic heterocycles. The maximum atomic E-state index is 12.5. The molecule has 4 rings (SSSR count). The number of carbonyl (C=O) groups is 1. The summed E-state index contributed by atoms with van der Waals surface area (Å²) >= 11 is 1.62. The quantitative estimate of drug-likeness (QED) is 0.647. The normalized spacial score (nSPS) is 16.1. The number of hydrogen-bond donors (Lipinski definition) is 1. The molecule has 0 aliphatic carbocycles. The third kappa shape index (κ3) is 3.26. The van der Waals surface area contributed by atoms with Crippen LogP contribution < -0.4 is 5.32 Å². The summed E-state index contributed by atoms with van der Waals surface area (Å²) < 4.78 is 17.7. The summed E-state index contributed by atoms with van der Waals surface area (Å²) in [5, 5.41) is 8.07. The van der Waals surface area contributed by atoms with Crippen LogP contribution in [0.5, 0.6) is 0 Å². The first kappa shape index (κ1) is 19.2. The molecule has 1 N–H and O–H groups in total. The molecule has 10 heteroatoms. The van der Waals surface area contributed by atoms with Gasteiger partial charge in [-0.1, -0.05) is 0 Å². The predicted octanol–water partition coefficient (Wildman–Crippen LogP) is 1.85. The summed E-state index contributed by atoms with van der Waals surface area (Å²) in [7, 11) is 3.03. The Hall–Kier alpha value is -2.14. The van der Waals surface area contributed by atoms with E-state index in [9.17, 15) is 4.79 Å². The summed E-state index contributed by atoms with van der Waals surface area (Å²) in [5.74, 6) is 0.386. The van der Waals surface area contributed by atoms with Crippen LogP contribution in [-0.2, 0) is 27.2 Å². The highest BCUT2D eigenvalue weighted by Crippen LogP contribution is 2.39. The van der Waals surface area contributed by atoms with Gasteiger partial charge in [0.2, 0.25) is 5.82 Å². The molecule has 1 aliphatic heterocycles. The molecular formula is C18H23N5O4S. The van der Waals surface area contributed by atoms with Crippen molar-refractivity contribution >= 4 is 33.1 Å². The largest absolute Gasteiger partial charge is 0.370 e. The number of aryl methyl sites for hydroxylation is 1. The van der Waals surface area contributed by atoms with Gasteiger partial charge in [0, 0.05) is 25.5 Å². The van der Waals surface area contributed by atoms with Gasteiger partial charge < -0.3 is 19.5 Å². The van der Waals surface area contributed by atoms with E-state index in [4.69, 9.17) is 14.2 Å². The highest BCUT2D eigenvalue weighted by Gasteiger charge is 2.31. The van der Waals surface area contributed by atoms with Crippen LogP contribution in [0.15, 0.2) is 0 Å². The fourth-order valence-corrected chi connectivity index (χ4v) is 4.50. The van der Waals surface area contributed by atoms with E-state index in [1.807, 2.05) is 6.92 Å². The van der Waals surface area contributed by atoms with Crippen molar-refractivity contribution in [2.24, 2.45) is 0 Å². The molecule has 0 spiro atoms. The molecular weight excluding hydrogens is 382 g/mol. The molecule has 150 valence electrons. The predicted molar refractivity (Wildman–Crippen MR) is 104 cm³/mol. The Balaban J connectivity index is 1.76. The van der Waals surface area contributed by atoms with Crippen molar-refractivity contribution in [3.05, 3.63) is 22.1 Å². The van der Waals surface area contributed by atoms with Gasteiger partial charge in [-0.3, -0.25) is 4.79 Å². The fraction of sp³-hybridized carbons (Fsp3) is 0.556. The van der Waals surface area contributed by atoms with Crippen LogP contribution in [0, 0.1) is 6.92 Å². The molecule has 0 aromatic carbocycles. The standard InChI is InChI=1S/C18H23N5O4S/c1-9-20-17-13(10-6-18(2,3)27-8-11(10)28-17)15-21-14(22-23(9)15)16(24)19-7-12(25-4)26-5/h12H,6-8H2,1-5H3,(H,19,24). The highest BCUT2D eigenvalue weighted by atomic mass is 32.1. The summed E-state index contributed by atoms with van der Waals surface area (Å²) in [6.45, 7) is 6.76. The molecule has 0 radical (unpaired) electrons. The number of nitrogens with one attached hydrogen (secondary N) is 1. The molecule has 0 unspecified atom stereocenters. The van der Waals surface area contributed by atoms with Crippen LogP contribution in [0.4, 0.5) is 0 Å². The molecule has 3 aromatic rings.